The molecule has 1 rings (SSSR count). The van der Waals surface area contributed by atoms with Gasteiger partial charge in [-0.25, -0.2) is 4.98 Å². The van der Waals surface area contributed by atoms with Crippen LogP contribution < -0.4 is 0 Å². The molecule has 0 aromatic carbocycles. The minimum atomic E-state index is -0.955. The van der Waals surface area contributed by atoms with E-state index in [9.17, 15) is 4.79 Å². The summed E-state index contributed by atoms with van der Waals surface area (Å²) in [6, 6.07) is -0.253. The van der Waals surface area contributed by atoms with Gasteiger partial charge >= 0.3 is 5.97 Å². The second-order valence-electron chi connectivity index (χ2n) is 1.80. The van der Waals surface area contributed by atoms with Crippen molar-refractivity contribution in [1.82, 2.24) is 9.97 Å². The number of hydrogen-bond donors (Lipinski definition) is 3. The normalized spacial score (nSPS) is 9.60. The Bertz CT molecular complexity index is 243. The van der Waals surface area contributed by atoms with Gasteiger partial charge in [-0.1, -0.05) is 0 Å². The number of aromatic nitrogens is 2. The van der Waals surface area contributed by atoms with Crippen LogP contribution in [-0.4, -0.2) is 26.2 Å². The van der Waals surface area contributed by atoms with Crippen molar-refractivity contribution in [2.75, 3.05) is 0 Å². The summed E-state index contributed by atoms with van der Waals surface area (Å²) in [6.45, 7) is 0. The molecule has 5 nitrogen and oxygen atoms in total. The topological polar surface area (TPSA) is 86.2 Å². The largest absolute Gasteiger partial charge is 0.481 e. The summed E-state index contributed by atoms with van der Waals surface area (Å²) < 4.78 is 0. The van der Waals surface area contributed by atoms with Crippen molar-refractivity contribution in [3.8, 4) is 6.01 Å². The first-order valence-electron chi connectivity index (χ1n) is 2.63. The quantitative estimate of drug-likeness (QED) is 0.531. The molecule has 0 aliphatic carbocycles. The number of hydrogen-bond acceptors (Lipinski definition) is 3. The highest BCUT2D eigenvalue weighted by Gasteiger charge is 2.02. The average molecular weight is 142 g/mol. The minimum Gasteiger partial charge on any atom is -0.481 e. The molecule has 54 valence electrons. The monoisotopic (exact) mass is 142 g/mol. The number of nitrogens with one attached hydrogen (secondary N) is 1. The van der Waals surface area contributed by atoms with Gasteiger partial charge in [-0.2, -0.15) is 0 Å². The van der Waals surface area contributed by atoms with Crippen molar-refractivity contribution in [1.29, 1.82) is 0 Å². The van der Waals surface area contributed by atoms with Crippen molar-refractivity contribution in [3.05, 3.63) is 11.9 Å². The Kier molecular flexibility index (Phi) is 1.57. The zero-order valence-corrected chi connectivity index (χ0v) is 5.03. The third kappa shape index (κ3) is 1.48. The SMILES string of the molecule is O=C(O)Cc1cnc(O)[nH]1. The lowest BCUT2D eigenvalue weighted by atomic mass is 10.3. The van der Waals surface area contributed by atoms with Crippen LogP contribution >= 0.6 is 0 Å². The van der Waals surface area contributed by atoms with Crippen molar-refractivity contribution in [2.45, 2.75) is 6.42 Å². The Morgan fingerprint density at radius 1 is 1.80 bits per heavy atom. The van der Waals surface area contributed by atoms with Crippen LogP contribution in [0, 0.1) is 0 Å². The molecule has 3 N–H and O–H groups in total. The molecular weight excluding hydrogens is 136 g/mol. The summed E-state index contributed by atoms with van der Waals surface area (Å²) in [5.74, 6) is -0.955. The van der Waals surface area contributed by atoms with Gasteiger partial charge in [-0.3, -0.25) is 4.79 Å². The molecule has 5 heteroatoms. The molecule has 0 spiro atoms. The highest BCUT2D eigenvalue weighted by atomic mass is 16.4. The van der Waals surface area contributed by atoms with Gasteiger partial charge in [0.25, 0.3) is 6.01 Å². The molecule has 0 radical (unpaired) electrons. The minimum absolute atomic E-state index is 0.145. The van der Waals surface area contributed by atoms with E-state index in [4.69, 9.17) is 10.2 Å². The molecule has 0 aliphatic heterocycles. The zero-order chi connectivity index (χ0) is 7.56. The van der Waals surface area contributed by atoms with Gasteiger partial charge in [0.2, 0.25) is 0 Å². The third-order valence-electron chi connectivity index (χ3n) is 0.957. The zero-order valence-electron chi connectivity index (χ0n) is 5.03. The Morgan fingerprint density at radius 3 is 2.90 bits per heavy atom. The Labute approximate surface area is 56.3 Å². The predicted octanol–water partition coefficient (Wildman–Crippen LogP) is -0.258. The van der Waals surface area contributed by atoms with Crippen LogP contribution in [0.25, 0.3) is 0 Å². The Balaban J connectivity index is 2.67. The summed E-state index contributed by atoms with van der Waals surface area (Å²) in [7, 11) is 0. The van der Waals surface area contributed by atoms with Crippen LogP contribution in [0.2, 0.25) is 0 Å². The summed E-state index contributed by atoms with van der Waals surface area (Å²) in [6.07, 6.45) is 1.14. The standard InChI is InChI=1S/C5H6N2O3/c8-4(9)1-3-2-6-5(10)7-3/h2H,1H2,(H,8,9)(H2,6,7,10). The van der Waals surface area contributed by atoms with E-state index in [2.05, 4.69) is 9.97 Å². The van der Waals surface area contributed by atoms with Gasteiger partial charge in [-0.05, 0) is 0 Å². The van der Waals surface area contributed by atoms with Gasteiger partial charge in [0.15, 0.2) is 0 Å². The number of aromatic hydroxyl groups is 1. The molecule has 0 saturated carbocycles. The molecule has 0 amide bonds. The molecular formula is C5H6N2O3. The number of carboxylic acid groups (broad SMARTS) is 1. The van der Waals surface area contributed by atoms with Crippen LogP contribution in [0.1, 0.15) is 5.69 Å². The lowest BCUT2D eigenvalue weighted by molar-refractivity contribution is -0.136. The third-order valence-corrected chi connectivity index (χ3v) is 0.957. The molecule has 0 atom stereocenters. The molecule has 0 aliphatic rings. The number of rotatable bonds is 2. The fraction of sp³-hybridized carbons (Fsp3) is 0.200. The molecule has 0 bridgehead atoms. The van der Waals surface area contributed by atoms with E-state index >= 15 is 0 Å². The maximum Gasteiger partial charge on any atom is 0.309 e. The fourth-order valence-electron chi connectivity index (χ4n) is 0.600. The van der Waals surface area contributed by atoms with Gasteiger partial charge in [0.05, 0.1) is 12.6 Å². The Morgan fingerprint density at radius 2 is 2.50 bits per heavy atom. The fourth-order valence-corrected chi connectivity index (χ4v) is 0.600. The maximum absolute atomic E-state index is 10.0. The van der Waals surface area contributed by atoms with Crippen molar-refractivity contribution in [3.63, 3.8) is 0 Å². The van der Waals surface area contributed by atoms with E-state index in [0.717, 1.165) is 0 Å². The molecule has 1 heterocycles. The van der Waals surface area contributed by atoms with E-state index in [0.29, 0.717) is 5.69 Å². The Hall–Kier alpha value is -1.52. The van der Waals surface area contributed by atoms with Crippen LogP contribution in [0.5, 0.6) is 6.01 Å². The van der Waals surface area contributed by atoms with Crippen molar-refractivity contribution >= 4 is 5.97 Å². The number of aromatic amines is 1. The number of nitrogens with zero attached hydrogens (tertiary/aromatic N) is 1. The second kappa shape index (κ2) is 2.38. The average Bonchev–Trinajstić information content (AvgIpc) is 2.13. The van der Waals surface area contributed by atoms with Gasteiger partial charge in [0.1, 0.15) is 0 Å². The van der Waals surface area contributed by atoms with Gasteiger partial charge < -0.3 is 15.2 Å². The van der Waals surface area contributed by atoms with Gasteiger partial charge in [0, 0.05) is 5.69 Å². The lowest BCUT2D eigenvalue weighted by Gasteiger charge is -1.86. The molecule has 1 aromatic heterocycles. The van der Waals surface area contributed by atoms with E-state index in [1.165, 1.54) is 6.20 Å². The smallest absolute Gasteiger partial charge is 0.309 e. The van der Waals surface area contributed by atoms with Crippen LogP contribution in [0.15, 0.2) is 6.20 Å². The van der Waals surface area contributed by atoms with Crippen LogP contribution in [-0.2, 0) is 11.2 Å². The van der Waals surface area contributed by atoms with E-state index < -0.39 is 5.97 Å². The summed E-state index contributed by atoms with van der Waals surface area (Å²) in [4.78, 5) is 15.8. The highest BCUT2D eigenvalue weighted by molar-refractivity contribution is 5.69. The first kappa shape index (κ1) is 6.60. The van der Waals surface area contributed by atoms with Crippen molar-refractivity contribution < 1.29 is 15.0 Å². The van der Waals surface area contributed by atoms with E-state index in [1.54, 1.807) is 0 Å². The lowest BCUT2D eigenvalue weighted by Crippen LogP contribution is -1.99. The predicted molar refractivity (Wildman–Crippen MR) is 31.6 cm³/mol. The van der Waals surface area contributed by atoms with E-state index in [-0.39, 0.29) is 12.4 Å². The number of carboxylic acids is 1. The van der Waals surface area contributed by atoms with Crippen LogP contribution in [0.4, 0.5) is 0 Å². The first-order valence-corrected chi connectivity index (χ1v) is 2.63. The van der Waals surface area contributed by atoms with Crippen LogP contribution in [0.3, 0.4) is 0 Å². The highest BCUT2D eigenvalue weighted by Crippen LogP contribution is 2.01. The summed E-state index contributed by atoms with van der Waals surface area (Å²) in [5.41, 5.74) is 0.394. The number of aliphatic carboxylic acids is 1. The summed E-state index contributed by atoms with van der Waals surface area (Å²) >= 11 is 0. The molecule has 10 heavy (non-hydrogen) atoms. The number of imidazole rings is 1. The van der Waals surface area contributed by atoms with E-state index in [1.807, 2.05) is 0 Å². The molecule has 0 saturated heterocycles. The molecule has 0 unspecified atom stereocenters. The number of carbonyl (C=O) groups is 1. The second-order valence-corrected chi connectivity index (χ2v) is 1.80. The molecule has 0 fully saturated rings. The van der Waals surface area contributed by atoms with Crippen molar-refractivity contribution in [2.24, 2.45) is 0 Å². The summed E-state index contributed by atoms with van der Waals surface area (Å²) in [5, 5.41) is 16.9. The maximum atomic E-state index is 10.0. The first-order chi connectivity index (χ1) is 4.68. The number of H-pyrrole nitrogens is 1. The molecule has 1 aromatic rings. The van der Waals surface area contributed by atoms with Gasteiger partial charge in [-0.15, -0.1) is 0 Å².